The molecular formula is C20H28BrClN4O. The van der Waals surface area contributed by atoms with Crippen LogP contribution in [0.1, 0.15) is 45.0 Å². The number of benzene rings is 1. The van der Waals surface area contributed by atoms with E-state index >= 15 is 0 Å². The number of nitrogens with zero attached hydrogens (tertiary/aromatic N) is 4. The average Bonchev–Trinajstić information content (AvgIpc) is 2.87. The van der Waals surface area contributed by atoms with Gasteiger partial charge in [-0.1, -0.05) is 24.9 Å². The molecule has 0 radical (unpaired) electrons. The van der Waals surface area contributed by atoms with Gasteiger partial charge >= 0.3 is 0 Å². The van der Waals surface area contributed by atoms with Gasteiger partial charge in [-0.25, -0.2) is 4.98 Å². The lowest BCUT2D eigenvalue weighted by Gasteiger charge is -2.31. The molecule has 2 heterocycles. The third-order valence-electron chi connectivity index (χ3n) is 5.41. The molecule has 27 heavy (non-hydrogen) atoms. The second-order valence-corrected chi connectivity index (χ2v) is 8.50. The number of fused-ring (bicyclic) bond motifs is 1. The van der Waals surface area contributed by atoms with Gasteiger partial charge in [0, 0.05) is 30.7 Å². The molecule has 5 nitrogen and oxygen atoms in total. The van der Waals surface area contributed by atoms with E-state index in [1.54, 1.807) is 0 Å². The summed E-state index contributed by atoms with van der Waals surface area (Å²) >= 11 is 9.85. The first-order valence-corrected chi connectivity index (χ1v) is 11.0. The number of rotatable bonds is 5. The number of halogens is 2. The fourth-order valence-corrected chi connectivity index (χ4v) is 4.52. The van der Waals surface area contributed by atoms with Crippen molar-refractivity contribution in [3.8, 4) is 0 Å². The SMILES string of the molecule is CCCC(c1nc2ccc(Br)c(Cl)c2c(=O)n1CC)N1CCCN(C)CC1. The lowest BCUT2D eigenvalue weighted by atomic mass is 10.1. The Morgan fingerprint density at radius 3 is 2.70 bits per heavy atom. The predicted molar refractivity (Wildman–Crippen MR) is 116 cm³/mol. The topological polar surface area (TPSA) is 41.4 Å². The third-order valence-corrected chi connectivity index (χ3v) is 6.70. The van der Waals surface area contributed by atoms with E-state index in [4.69, 9.17) is 16.6 Å². The van der Waals surface area contributed by atoms with Gasteiger partial charge in [0.1, 0.15) is 5.82 Å². The van der Waals surface area contributed by atoms with Crippen LogP contribution in [-0.4, -0.2) is 52.6 Å². The van der Waals surface area contributed by atoms with Gasteiger partial charge < -0.3 is 4.90 Å². The Morgan fingerprint density at radius 1 is 1.22 bits per heavy atom. The summed E-state index contributed by atoms with van der Waals surface area (Å²) in [6.07, 6.45) is 3.18. The molecule has 1 unspecified atom stereocenters. The molecular weight excluding hydrogens is 428 g/mol. The summed E-state index contributed by atoms with van der Waals surface area (Å²) in [5, 5.41) is 0.949. The van der Waals surface area contributed by atoms with Gasteiger partial charge in [0.05, 0.1) is 22.0 Å². The largest absolute Gasteiger partial charge is 0.305 e. The standard InChI is InChI=1S/C20H28BrClN4O/c1-4-7-16(25-11-6-10-24(3)12-13-25)19-23-15-9-8-14(21)18(22)17(15)20(27)26(19)5-2/h8-9,16H,4-7,10-13H2,1-3H3. The highest BCUT2D eigenvalue weighted by molar-refractivity contribution is 9.10. The van der Waals surface area contributed by atoms with E-state index in [1.807, 2.05) is 23.6 Å². The van der Waals surface area contributed by atoms with E-state index in [0.29, 0.717) is 22.5 Å². The van der Waals surface area contributed by atoms with Crippen LogP contribution in [0.4, 0.5) is 0 Å². The fraction of sp³-hybridized carbons (Fsp3) is 0.600. The van der Waals surface area contributed by atoms with Gasteiger partial charge in [-0.15, -0.1) is 0 Å². The van der Waals surface area contributed by atoms with E-state index in [9.17, 15) is 4.79 Å². The van der Waals surface area contributed by atoms with Crippen molar-refractivity contribution in [2.75, 3.05) is 33.2 Å². The predicted octanol–water partition coefficient (Wildman–Crippen LogP) is 4.31. The Hall–Kier alpha value is -0.950. The van der Waals surface area contributed by atoms with Crippen LogP contribution < -0.4 is 5.56 Å². The molecule has 0 spiro atoms. The molecule has 1 saturated heterocycles. The monoisotopic (exact) mass is 454 g/mol. The van der Waals surface area contributed by atoms with Crippen LogP contribution in [0.15, 0.2) is 21.4 Å². The first-order valence-electron chi connectivity index (χ1n) is 9.78. The summed E-state index contributed by atoms with van der Waals surface area (Å²) in [5.74, 6) is 0.875. The molecule has 1 fully saturated rings. The molecule has 0 N–H and O–H groups in total. The normalized spacial score (nSPS) is 18.0. The summed E-state index contributed by atoms with van der Waals surface area (Å²) in [6.45, 7) is 8.99. The molecule has 1 aliphatic heterocycles. The molecule has 1 atom stereocenters. The minimum Gasteiger partial charge on any atom is -0.305 e. The molecule has 7 heteroatoms. The quantitative estimate of drug-likeness (QED) is 0.673. The van der Waals surface area contributed by atoms with E-state index in [0.717, 1.165) is 55.7 Å². The minimum absolute atomic E-state index is 0.0446. The molecule has 1 aromatic heterocycles. The zero-order chi connectivity index (χ0) is 19.6. The van der Waals surface area contributed by atoms with Gasteiger partial charge in [0.2, 0.25) is 0 Å². The van der Waals surface area contributed by atoms with E-state index in [2.05, 4.69) is 39.7 Å². The minimum atomic E-state index is -0.0446. The van der Waals surface area contributed by atoms with Gasteiger partial charge in [-0.2, -0.15) is 0 Å². The van der Waals surface area contributed by atoms with Gasteiger partial charge in [0.25, 0.3) is 5.56 Å². The zero-order valence-corrected chi connectivity index (χ0v) is 18.7. The maximum absolute atomic E-state index is 13.3. The van der Waals surface area contributed by atoms with Crippen LogP contribution in [0.25, 0.3) is 10.9 Å². The van der Waals surface area contributed by atoms with Crippen molar-refractivity contribution < 1.29 is 0 Å². The summed E-state index contributed by atoms with van der Waals surface area (Å²) in [5.41, 5.74) is 0.637. The van der Waals surface area contributed by atoms with E-state index < -0.39 is 0 Å². The number of hydrogen-bond donors (Lipinski definition) is 0. The molecule has 1 aliphatic rings. The van der Waals surface area contributed by atoms with Crippen molar-refractivity contribution in [2.24, 2.45) is 0 Å². The Kier molecular flexibility index (Phi) is 6.95. The van der Waals surface area contributed by atoms with Crippen LogP contribution in [0, 0.1) is 0 Å². The second kappa shape index (κ2) is 9.03. The Morgan fingerprint density at radius 2 is 2.00 bits per heavy atom. The Balaban J connectivity index is 2.14. The van der Waals surface area contributed by atoms with Crippen molar-refractivity contribution in [2.45, 2.75) is 45.7 Å². The van der Waals surface area contributed by atoms with Crippen molar-refractivity contribution in [3.05, 3.63) is 37.8 Å². The summed E-state index contributed by atoms with van der Waals surface area (Å²) in [6, 6.07) is 3.91. The summed E-state index contributed by atoms with van der Waals surface area (Å²) in [4.78, 5) is 23.1. The van der Waals surface area contributed by atoms with E-state index in [1.165, 1.54) is 0 Å². The van der Waals surface area contributed by atoms with Gasteiger partial charge in [0.15, 0.2) is 0 Å². The van der Waals surface area contributed by atoms with Crippen LogP contribution >= 0.6 is 27.5 Å². The maximum atomic E-state index is 13.3. The van der Waals surface area contributed by atoms with Crippen molar-refractivity contribution in [3.63, 3.8) is 0 Å². The molecule has 1 aromatic carbocycles. The van der Waals surface area contributed by atoms with Crippen LogP contribution in [0.3, 0.4) is 0 Å². The zero-order valence-electron chi connectivity index (χ0n) is 16.3. The Labute approximate surface area is 174 Å². The first kappa shape index (κ1) is 20.8. The molecule has 148 valence electrons. The average molecular weight is 456 g/mol. The highest BCUT2D eigenvalue weighted by atomic mass is 79.9. The first-order chi connectivity index (χ1) is 13.0. The lowest BCUT2D eigenvalue weighted by molar-refractivity contribution is 0.180. The molecule has 0 aliphatic carbocycles. The number of hydrogen-bond acceptors (Lipinski definition) is 4. The number of aromatic nitrogens is 2. The van der Waals surface area contributed by atoms with Crippen LogP contribution in [-0.2, 0) is 6.54 Å². The van der Waals surface area contributed by atoms with Crippen LogP contribution in [0.2, 0.25) is 5.02 Å². The highest BCUT2D eigenvalue weighted by Crippen LogP contribution is 2.31. The second-order valence-electron chi connectivity index (χ2n) is 7.27. The molecule has 3 rings (SSSR count). The Bertz CT molecular complexity index is 869. The molecule has 0 amide bonds. The molecule has 0 bridgehead atoms. The maximum Gasteiger partial charge on any atom is 0.262 e. The van der Waals surface area contributed by atoms with Gasteiger partial charge in [-0.05, 0) is 61.4 Å². The molecule has 0 saturated carbocycles. The number of likely N-dealkylation sites (N-methyl/N-ethyl adjacent to an activating group) is 1. The molecule has 2 aromatic rings. The van der Waals surface area contributed by atoms with Crippen molar-refractivity contribution >= 4 is 38.4 Å². The lowest BCUT2D eigenvalue weighted by Crippen LogP contribution is -2.37. The van der Waals surface area contributed by atoms with E-state index in [-0.39, 0.29) is 11.6 Å². The van der Waals surface area contributed by atoms with Crippen LogP contribution in [0.5, 0.6) is 0 Å². The smallest absolute Gasteiger partial charge is 0.262 e. The fourth-order valence-electron chi connectivity index (χ4n) is 3.95. The van der Waals surface area contributed by atoms with Crippen molar-refractivity contribution in [1.82, 2.24) is 19.4 Å². The third kappa shape index (κ3) is 4.24. The van der Waals surface area contributed by atoms with Crippen molar-refractivity contribution in [1.29, 1.82) is 0 Å². The summed E-state index contributed by atoms with van der Waals surface area (Å²) < 4.78 is 2.54. The highest BCUT2D eigenvalue weighted by Gasteiger charge is 2.27. The summed E-state index contributed by atoms with van der Waals surface area (Å²) in [7, 11) is 2.18. The van der Waals surface area contributed by atoms with Gasteiger partial charge in [-0.3, -0.25) is 14.3 Å².